The summed E-state index contributed by atoms with van der Waals surface area (Å²) in [6.07, 6.45) is 1.75. The van der Waals surface area contributed by atoms with Gasteiger partial charge in [0.2, 0.25) is 0 Å². The fraction of sp³-hybridized carbons (Fsp3) is 0.500. The van der Waals surface area contributed by atoms with Crippen LogP contribution in [0.25, 0.3) is 0 Å². The van der Waals surface area contributed by atoms with E-state index in [2.05, 4.69) is 10.4 Å². The highest BCUT2D eigenvalue weighted by molar-refractivity contribution is 5.90. The first kappa shape index (κ1) is 9.73. The third kappa shape index (κ3) is 2.87. The quantitative estimate of drug-likeness (QED) is 0.608. The van der Waals surface area contributed by atoms with Crippen molar-refractivity contribution in [3.8, 4) is 0 Å². The van der Waals surface area contributed by atoms with Crippen molar-refractivity contribution in [1.82, 2.24) is 15.1 Å². The zero-order valence-electron chi connectivity index (χ0n) is 7.66. The van der Waals surface area contributed by atoms with Crippen LogP contribution in [0.1, 0.15) is 17.4 Å². The van der Waals surface area contributed by atoms with E-state index in [0.717, 1.165) is 19.6 Å². The van der Waals surface area contributed by atoms with Crippen LogP contribution < -0.4 is 11.1 Å². The van der Waals surface area contributed by atoms with Gasteiger partial charge in [-0.2, -0.15) is 5.10 Å². The fourth-order valence-electron chi connectivity index (χ4n) is 0.988. The number of primary amides is 1. The van der Waals surface area contributed by atoms with E-state index in [1.54, 1.807) is 16.9 Å². The number of carbonyl (C=O) groups is 1. The Balaban J connectivity index is 2.44. The molecule has 5 nitrogen and oxygen atoms in total. The Morgan fingerprint density at radius 2 is 2.54 bits per heavy atom. The van der Waals surface area contributed by atoms with E-state index >= 15 is 0 Å². The number of nitrogens with two attached hydrogens (primary N) is 1. The summed E-state index contributed by atoms with van der Waals surface area (Å²) in [6.45, 7) is 4.57. The van der Waals surface area contributed by atoms with Crippen LogP contribution in [0.5, 0.6) is 0 Å². The summed E-state index contributed by atoms with van der Waals surface area (Å²) in [5.74, 6) is -0.484. The lowest BCUT2D eigenvalue weighted by molar-refractivity contribution is 0.0994. The summed E-state index contributed by atoms with van der Waals surface area (Å²) in [4.78, 5) is 10.7. The molecule has 0 unspecified atom stereocenters. The number of aromatic nitrogens is 2. The van der Waals surface area contributed by atoms with Crippen molar-refractivity contribution in [2.45, 2.75) is 13.5 Å². The third-order valence-electron chi connectivity index (χ3n) is 1.66. The van der Waals surface area contributed by atoms with E-state index in [9.17, 15) is 4.79 Å². The van der Waals surface area contributed by atoms with Gasteiger partial charge in [-0.05, 0) is 12.6 Å². The fourth-order valence-corrected chi connectivity index (χ4v) is 0.988. The number of likely N-dealkylation sites (N-methyl/N-ethyl adjacent to an activating group) is 1. The summed E-state index contributed by atoms with van der Waals surface area (Å²) in [6, 6.07) is 1.62. The van der Waals surface area contributed by atoms with Gasteiger partial charge in [0.1, 0.15) is 5.69 Å². The summed E-state index contributed by atoms with van der Waals surface area (Å²) in [7, 11) is 0. The molecule has 1 aromatic heterocycles. The Hall–Kier alpha value is -1.36. The molecule has 0 aliphatic rings. The van der Waals surface area contributed by atoms with Gasteiger partial charge in [-0.3, -0.25) is 9.48 Å². The van der Waals surface area contributed by atoms with Crippen molar-refractivity contribution in [3.05, 3.63) is 18.0 Å². The summed E-state index contributed by atoms with van der Waals surface area (Å²) >= 11 is 0. The molecule has 0 bridgehead atoms. The van der Waals surface area contributed by atoms with Gasteiger partial charge in [-0.15, -0.1) is 0 Å². The van der Waals surface area contributed by atoms with Crippen LogP contribution in [-0.2, 0) is 6.54 Å². The molecular formula is C8H14N4O. The zero-order chi connectivity index (χ0) is 9.68. The van der Waals surface area contributed by atoms with Crippen molar-refractivity contribution in [3.63, 3.8) is 0 Å². The number of carbonyl (C=O) groups excluding carboxylic acids is 1. The molecule has 72 valence electrons. The molecule has 0 fully saturated rings. The number of amides is 1. The highest BCUT2D eigenvalue weighted by Crippen LogP contribution is 1.93. The van der Waals surface area contributed by atoms with E-state index in [0.29, 0.717) is 5.69 Å². The van der Waals surface area contributed by atoms with Gasteiger partial charge in [0.25, 0.3) is 5.91 Å². The van der Waals surface area contributed by atoms with Gasteiger partial charge in [0, 0.05) is 12.7 Å². The Morgan fingerprint density at radius 1 is 1.77 bits per heavy atom. The molecule has 0 spiro atoms. The first-order valence-electron chi connectivity index (χ1n) is 4.28. The van der Waals surface area contributed by atoms with Gasteiger partial charge in [-0.1, -0.05) is 6.92 Å². The minimum Gasteiger partial charge on any atom is -0.364 e. The predicted octanol–water partition coefficient (Wildman–Crippen LogP) is -0.409. The van der Waals surface area contributed by atoms with E-state index in [1.165, 1.54) is 0 Å². The van der Waals surface area contributed by atoms with Crippen molar-refractivity contribution in [2.24, 2.45) is 5.73 Å². The summed E-state index contributed by atoms with van der Waals surface area (Å²) < 4.78 is 1.70. The van der Waals surface area contributed by atoms with Crippen molar-refractivity contribution < 1.29 is 4.79 Å². The average Bonchev–Trinajstić information content (AvgIpc) is 2.53. The van der Waals surface area contributed by atoms with Crippen LogP contribution in [0.15, 0.2) is 12.3 Å². The third-order valence-corrected chi connectivity index (χ3v) is 1.66. The lowest BCUT2D eigenvalue weighted by Gasteiger charge is -2.00. The molecule has 0 aliphatic heterocycles. The second-order valence-electron chi connectivity index (χ2n) is 2.68. The number of hydrogen-bond donors (Lipinski definition) is 2. The van der Waals surface area contributed by atoms with Crippen LogP contribution >= 0.6 is 0 Å². The largest absolute Gasteiger partial charge is 0.364 e. The van der Waals surface area contributed by atoms with Crippen molar-refractivity contribution in [1.29, 1.82) is 0 Å². The minimum absolute atomic E-state index is 0.316. The molecule has 1 amide bonds. The van der Waals surface area contributed by atoms with E-state index in [4.69, 9.17) is 5.73 Å². The van der Waals surface area contributed by atoms with Crippen LogP contribution in [0, 0.1) is 0 Å². The minimum atomic E-state index is -0.484. The van der Waals surface area contributed by atoms with Crippen LogP contribution in [0.4, 0.5) is 0 Å². The second-order valence-corrected chi connectivity index (χ2v) is 2.68. The lowest BCUT2D eigenvalue weighted by atomic mass is 10.4. The average molecular weight is 182 g/mol. The topological polar surface area (TPSA) is 72.9 Å². The lowest BCUT2D eigenvalue weighted by Crippen LogP contribution is -2.20. The highest BCUT2D eigenvalue weighted by Gasteiger charge is 2.03. The molecule has 0 atom stereocenters. The maximum atomic E-state index is 10.7. The molecular weight excluding hydrogens is 168 g/mol. The first-order chi connectivity index (χ1) is 6.24. The summed E-state index contributed by atoms with van der Waals surface area (Å²) in [5, 5.41) is 7.14. The first-order valence-corrected chi connectivity index (χ1v) is 4.28. The maximum Gasteiger partial charge on any atom is 0.269 e. The van der Waals surface area contributed by atoms with Crippen LogP contribution in [0.2, 0.25) is 0 Å². The SMILES string of the molecule is CCNCCn1ccc(C(N)=O)n1. The molecule has 3 N–H and O–H groups in total. The molecule has 0 saturated heterocycles. The Bertz CT molecular complexity index is 281. The number of nitrogens with zero attached hydrogens (tertiary/aromatic N) is 2. The summed E-state index contributed by atoms with van der Waals surface area (Å²) in [5.41, 5.74) is 5.37. The molecule has 1 heterocycles. The predicted molar refractivity (Wildman–Crippen MR) is 49.3 cm³/mol. The monoisotopic (exact) mass is 182 g/mol. The Morgan fingerprint density at radius 3 is 3.08 bits per heavy atom. The Kier molecular flexibility index (Phi) is 3.45. The molecule has 0 radical (unpaired) electrons. The van der Waals surface area contributed by atoms with Crippen molar-refractivity contribution in [2.75, 3.05) is 13.1 Å². The standard InChI is InChI=1S/C8H14N4O/c1-2-10-4-6-12-5-3-7(11-12)8(9)13/h3,5,10H,2,4,6H2,1H3,(H2,9,13). The Labute approximate surface area is 76.9 Å². The van der Waals surface area contributed by atoms with E-state index < -0.39 is 5.91 Å². The second kappa shape index (κ2) is 4.61. The number of nitrogens with one attached hydrogen (secondary N) is 1. The molecule has 0 saturated carbocycles. The van der Waals surface area contributed by atoms with Gasteiger partial charge in [0.15, 0.2) is 0 Å². The van der Waals surface area contributed by atoms with Gasteiger partial charge in [0.05, 0.1) is 6.54 Å². The molecule has 1 rings (SSSR count). The molecule has 13 heavy (non-hydrogen) atoms. The smallest absolute Gasteiger partial charge is 0.269 e. The zero-order valence-corrected chi connectivity index (χ0v) is 7.66. The molecule has 5 heteroatoms. The van der Waals surface area contributed by atoms with Crippen molar-refractivity contribution >= 4 is 5.91 Å². The molecule has 0 aliphatic carbocycles. The molecule has 1 aromatic rings. The highest BCUT2D eigenvalue weighted by atomic mass is 16.1. The molecule has 0 aromatic carbocycles. The van der Waals surface area contributed by atoms with E-state index in [-0.39, 0.29) is 0 Å². The van der Waals surface area contributed by atoms with Crippen LogP contribution in [0.3, 0.4) is 0 Å². The van der Waals surface area contributed by atoms with Gasteiger partial charge < -0.3 is 11.1 Å². The van der Waals surface area contributed by atoms with E-state index in [1.807, 2.05) is 6.92 Å². The number of hydrogen-bond acceptors (Lipinski definition) is 3. The van der Waals surface area contributed by atoms with Crippen LogP contribution in [-0.4, -0.2) is 28.8 Å². The normalized spacial score (nSPS) is 10.2. The maximum absolute atomic E-state index is 10.7. The van der Waals surface area contributed by atoms with Gasteiger partial charge >= 0.3 is 0 Å². The number of rotatable bonds is 5. The van der Waals surface area contributed by atoms with Gasteiger partial charge in [-0.25, -0.2) is 0 Å².